The van der Waals surface area contributed by atoms with E-state index in [2.05, 4.69) is 34.6 Å². The lowest BCUT2D eigenvalue weighted by Gasteiger charge is -2.18. The van der Waals surface area contributed by atoms with Crippen LogP contribution in [-0.4, -0.2) is 37.2 Å². The molecule has 6 heteroatoms. The van der Waals surface area contributed by atoms with E-state index in [4.69, 9.17) is 14.2 Å². The van der Waals surface area contributed by atoms with Gasteiger partial charge in [-0.3, -0.25) is 14.4 Å². The summed E-state index contributed by atoms with van der Waals surface area (Å²) in [4.78, 5) is 37.8. The molecule has 0 spiro atoms. The van der Waals surface area contributed by atoms with Gasteiger partial charge in [0.2, 0.25) is 0 Å². The number of hydrogen-bond acceptors (Lipinski definition) is 6. The fourth-order valence-corrected chi connectivity index (χ4v) is 7.25. The molecule has 0 aromatic carbocycles. The van der Waals surface area contributed by atoms with Crippen molar-refractivity contribution in [3.05, 3.63) is 0 Å². The summed E-state index contributed by atoms with van der Waals surface area (Å²) < 4.78 is 16.7. The van der Waals surface area contributed by atoms with Gasteiger partial charge in [0.25, 0.3) is 0 Å². The second-order valence-electron chi connectivity index (χ2n) is 17.5. The first-order valence-electron chi connectivity index (χ1n) is 24.3. The maximum Gasteiger partial charge on any atom is 0.306 e. The summed E-state index contributed by atoms with van der Waals surface area (Å²) in [5, 5.41) is 0. The zero-order valence-corrected chi connectivity index (χ0v) is 37.6. The third-order valence-corrected chi connectivity index (χ3v) is 11.3. The molecule has 6 nitrogen and oxygen atoms in total. The number of hydrogen-bond donors (Lipinski definition) is 0. The standard InChI is InChI=1S/C49H94O6/c1-6-8-9-10-11-12-19-24-29-34-39-47(50)53-42-46(43-54-48(51)40-35-30-25-20-15-13-17-22-27-32-37-44(3)4)55-49(52)41-36-31-26-21-16-14-18-23-28-33-38-45(5)7-2/h44-46H,6-43H2,1-5H3/t45?,46-/m0/s1. The Morgan fingerprint density at radius 3 is 1.04 bits per heavy atom. The molecule has 0 fully saturated rings. The van der Waals surface area contributed by atoms with Gasteiger partial charge in [-0.15, -0.1) is 0 Å². The molecule has 0 rings (SSSR count). The van der Waals surface area contributed by atoms with E-state index >= 15 is 0 Å². The van der Waals surface area contributed by atoms with Gasteiger partial charge in [0, 0.05) is 19.3 Å². The third kappa shape index (κ3) is 41.9. The molecule has 0 heterocycles. The first kappa shape index (κ1) is 53.4. The van der Waals surface area contributed by atoms with Crippen LogP contribution in [-0.2, 0) is 28.6 Å². The number of esters is 3. The molecule has 1 unspecified atom stereocenters. The maximum absolute atomic E-state index is 12.7. The Kier molecular flexibility index (Phi) is 40.8. The van der Waals surface area contributed by atoms with Crippen LogP contribution >= 0.6 is 0 Å². The Morgan fingerprint density at radius 2 is 0.691 bits per heavy atom. The van der Waals surface area contributed by atoms with Crippen molar-refractivity contribution in [3.63, 3.8) is 0 Å². The molecule has 326 valence electrons. The van der Waals surface area contributed by atoms with Crippen molar-refractivity contribution in [2.24, 2.45) is 11.8 Å². The van der Waals surface area contributed by atoms with Gasteiger partial charge < -0.3 is 14.2 Å². The van der Waals surface area contributed by atoms with E-state index in [1.807, 2.05) is 0 Å². The number of carbonyl (C=O) groups is 3. The van der Waals surface area contributed by atoms with E-state index in [0.29, 0.717) is 19.3 Å². The predicted molar refractivity (Wildman–Crippen MR) is 233 cm³/mol. The Balaban J connectivity index is 4.33. The predicted octanol–water partition coefficient (Wildman–Crippen LogP) is 15.4. The lowest BCUT2D eigenvalue weighted by atomic mass is 9.99. The van der Waals surface area contributed by atoms with Gasteiger partial charge in [-0.1, -0.05) is 227 Å². The van der Waals surface area contributed by atoms with Crippen LogP contribution in [0, 0.1) is 11.8 Å². The molecule has 0 saturated heterocycles. The summed E-state index contributed by atoms with van der Waals surface area (Å²) in [5.41, 5.74) is 0. The van der Waals surface area contributed by atoms with Crippen LogP contribution in [0.25, 0.3) is 0 Å². The fraction of sp³-hybridized carbons (Fsp3) is 0.939. The van der Waals surface area contributed by atoms with Crippen LogP contribution in [0.4, 0.5) is 0 Å². The van der Waals surface area contributed by atoms with Crippen LogP contribution in [0.1, 0.15) is 266 Å². The van der Waals surface area contributed by atoms with Gasteiger partial charge in [-0.2, -0.15) is 0 Å². The molecular weight excluding hydrogens is 685 g/mol. The van der Waals surface area contributed by atoms with E-state index in [9.17, 15) is 14.4 Å². The lowest BCUT2D eigenvalue weighted by Crippen LogP contribution is -2.30. The molecule has 0 amide bonds. The van der Waals surface area contributed by atoms with Crippen LogP contribution < -0.4 is 0 Å². The average Bonchev–Trinajstić information content (AvgIpc) is 3.17. The van der Waals surface area contributed by atoms with Gasteiger partial charge in [-0.05, 0) is 31.1 Å². The van der Waals surface area contributed by atoms with Gasteiger partial charge in [0.05, 0.1) is 0 Å². The highest BCUT2D eigenvalue weighted by Crippen LogP contribution is 2.17. The van der Waals surface area contributed by atoms with Crippen molar-refractivity contribution in [1.29, 1.82) is 0 Å². The zero-order valence-electron chi connectivity index (χ0n) is 37.6. The summed E-state index contributed by atoms with van der Waals surface area (Å²) in [6.07, 6.45) is 40.8. The van der Waals surface area contributed by atoms with Crippen molar-refractivity contribution in [2.45, 2.75) is 272 Å². The number of ether oxygens (including phenoxy) is 3. The Morgan fingerprint density at radius 1 is 0.382 bits per heavy atom. The molecule has 0 aromatic heterocycles. The van der Waals surface area contributed by atoms with E-state index in [-0.39, 0.29) is 31.1 Å². The van der Waals surface area contributed by atoms with Gasteiger partial charge in [0.1, 0.15) is 13.2 Å². The SMILES string of the molecule is CCCCCCCCCCCCC(=O)OC[C@@H](COC(=O)CCCCCCCCCCCCC(C)C)OC(=O)CCCCCCCCCCCCC(C)CC. The molecule has 0 aliphatic rings. The first-order valence-corrected chi connectivity index (χ1v) is 24.3. The van der Waals surface area contributed by atoms with Crippen LogP contribution in [0.15, 0.2) is 0 Å². The monoisotopic (exact) mass is 779 g/mol. The molecule has 0 bridgehead atoms. The van der Waals surface area contributed by atoms with Gasteiger partial charge in [-0.25, -0.2) is 0 Å². The fourth-order valence-electron chi connectivity index (χ4n) is 7.25. The summed E-state index contributed by atoms with van der Waals surface area (Å²) in [6, 6.07) is 0. The molecule has 55 heavy (non-hydrogen) atoms. The number of unbranched alkanes of at least 4 members (excludes halogenated alkanes) is 27. The van der Waals surface area contributed by atoms with Crippen LogP contribution in [0.2, 0.25) is 0 Å². The summed E-state index contributed by atoms with van der Waals surface area (Å²) >= 11 is 0. The highest BCUT2D eigenvalue weighted by atomic mass is 16.6. The average molecular weight is 779 g/mol. The minimum absolute atomic E-state index is 0.0645. The Bertz CT molecular complexity index is 841. The molecule has 0 aliphatic heterocycles. The molecule has 0 aliphatic carbocycles. The number of carbonyl (C=O) groups excluding carboxylic acids is 3. The molecule has 0 aromatic rings. The number of rotatable bonds is 43. The topological polar surface area (TPSA) is 78.9 Å². The summed E-state index contributed by atoms with van der Waals surface area (Å²) in [7, 11) is 0. The van der Waals surface area contributed by atoms with Crippen molar-refractivity contribution >= 4 is 17.9 Å². The van der Waals surface area contributed by atoms with Gasteiger partial charge in [0.15, 0.2) is 6.10 Å². The summed E-state index contributed by atoms with van der Waals surface area (Å²) in [5.74, 6) is 0.831. The van der Waals surface area contributed by atoms with E-state index in [1.165, 1.54) is 154 Å². The zero-order chi connectivity index (χ0) is 40.5. The first-order chi connectivity index (χ1) is 26.8. The second kappa shape index (κ2) is 42.0. The van der Waals surface area contributed by atoms with Crippen molar-refractivity contribution in [1.82, 2.24) is 0 Å². The van der Waals surface area contributed by atoms with E-state index < -0.39 is 6.10 Å². The van der Waals surface area contributed by atoms with Gasteiger partial charge >= 0.3 is 17.9 Å². The maximum atomic E-state index is 12.7. The second-order valence-corrected chi connectivity index (χ2v) is 17.5. The quantitative estimate of drug-likeness (QED) is 0.0348. The van der Waals surface area contributed by atoms with Crippen molar-refractivity contribution in [3.8, 4) is 0 Å². The van der Waals surface area contributed by atoms with Crippen molar-refractivity contribution in [2.75, 3.05) is 13.2 Å². The summed E-state index contributed by atoms with van der Waals surface area (Å²) in [6.45, 7) is 11.4. The van der Waals surface area contributed by atoms with E-state index in [0.717, 1.165) is 69.6 Å². The van der Waals surface area contributed by atoms with Crippen LogP contribution in [0.5, 0.6) is 0 Å². The third-order valence-electron chi connectivity index (χ3n) is 11.3. The minimum Gasteiger partial charge on any atom is -0.462 e. The van der Waals surface area contributed by atoms with Crippen LogP contribution in [0.3, 0.4) is 0 Å². The molecule has 0 saturated carbocycles. The highest BCUT2D eigenvalue weighted by Gasteiger charge is 2.19. The largest absolute Gasteiger partial charge is 0.462 e. The van der Waals surface area contributed by atoms with E-state index in [1.54, 1.807) is 0 Å². The molecular formula is C49H94O6. The molecule has 2 atom stereocenters. The molecule has 0 N–H and O–H groups in total. The Hall–Kier alpha value is -1.59. The normalized spacial score (nSPS) is 12.5. The smallest absolute Gasteiger partial charge is 0.306 e. The Labute approximate surface area is 342 Å². The highest BCUT2D eigenvalue weighted by molar-refractivity contribution is 5.71. The molecule has 0 radical (unpaired) electrons. The minimum atomic E-state index is -0.760. The lowest BCUT2D eigenvalue weighted by molar-refractivity contribution is -0.167. The van der Waals surface area contributed by atoms with Crippen molar-refractivity contribution < 1.29 is 28.6 Å².